The van der Waals surface area contributed by atoms with Gasteiger partial charge in [0.25, 0.3) is 0 Å². The van der Waals surface area contributed by atoms with Gasteiger partial charge in [-0.15, -0.1) is 0 Å². The minimum absolute atomic E-state index is 0.0175. The Morgan fingerprint density at radius 2 is 1.81 bits per heavy atom. The molecule has 0 aromatic rings. The monoisotopic (exact) mass is 354 g/mol. The standard InChI is InChI=1S/C21H22O5/c1-9-8-25-19-16-14(23)5-4-13(22)15(16)18-17-11(20(24)26-18)2-3-12-10(9)6-7-21(12,17)19/h4-5,9-12,17-19H,2-3,6-8H2,1H3. The summed E-state index contributed by atoms with van der Waals surface area (Å²) in [5, 5.41) is 0. The van der Waals surface area contributed by atoms with Gasteiger partial charge in [0, 0.05) is 22.5 Å². The first-order valence-corrected chi connectivity index (χ1v) is 9.87. The number of carbonyl (C=O) groups excluding carboxylic acids is 3. The third-order valence-corrected chi connectivity index (χ3v) is 8.33. The van der Waals surface area contributed by atoms with Crippen molar-refractivity contribution in [3.63, 3.8) is 0 Å². The summed E-state index contributed by atoms with van der Waals surface area (Å²) in [7, 11) is 0. The van der Waals surface area contributed by atoms with E-state index in [-0.39, 0.29) is 40.9 Å². The highest BCUT2D eigenvalue weighted by atomic mass is 16.6. The zero-order chi connectivity index (χ0) is 17.8. The van der Waals surface area contributed by atoms with Crippen LogP contribution in [-0.4, -0.2) is 36.4 Å². The normalized spacial score (nSPS) is 51.1. The number of carbonyl (C=O) groups is 3. The molecule has 8 unspecified atom stereocenters. The fourth-order valence-electron chi connectivity index (χ4n) is 7.51. The van der Waals surface area contributed by atoms with Crippen LogP contribution in [0.1, 0.15) is 32.6 Å². The summed E-state index contributed by atoms with van der Waals surface area (Å²) in [6.07, 6.45) is 5.70. The highest BCUT2D eigenvalue weighted by molar-refractivity contribution is 6.21. The number of allylic oxidation sites excluding steroid dienone is 2. The number of ether oxygens (including phenoxy) is 2. The molecule has 2 aliphatic heterocycles. The third kappa shape index (κ3) is 1.52. The van der Waals surface area contributed by atoms with E-state index in [1.807, 2.05) is 0 Å². The second kappa shape index (κ2) is 4.75. The van der Waals surface area contributed by atoms with Gasteiger partial charge in [-0.2, -0.15) is 0 Å². The van der Waals surface area contributed by atoms with Crippen molar-refractivity contribution in [2.24, 2.45) is 35.0 Å². The van der Waals surface area contributed by atoms with E-state index >= 15 is 0 Å². The van der Waals surface area contributed by atoms with Crippen molar-refractivity contribution in [2.45, 2.75) is 44.8 Å². The van der Waals surface area contributed by atoms with Crippen LogP contribution in [0.25, 0.3) is 0 Å². The van der Waals surface area contributed by atoms with Crippen LogP contribution in [-0.2, 0) is 23.9 Å². The van der Waals surface area contributed by atoms with Crippen LogP contribution in [0.2, 0.25) is 0 Å². The van der Waals surface area contributed by atoms with Crippen LogP contribution in [0, 0.1) is 35.0 Å². The van der Waals surface area contributed by atoms with Crippen molar-refractivity contribution in [3.05, 3.63) is 23.3 Å². The molecule has 2 saturated heterocycles. The lowest BCUT2D eigenvalue weighted by atomic mass is 9.48. The van der Waals surface area contributed by atoms with E-state index in [1.54, 1.807) is 0 Å². The topological polar surface area (TPSA) is 69.7 Å². The maximum Gasteiger partial charge on any atom is 0.310 e. The molecule has 5 nitrogen and oxygen atoms in total. The van der Waals surface area contributed by atoms with E-state index < -0.39 is 6.10 Å². The number of hydrogen-bond acceptors (Lipinski definition) is 5. The molecule has 2 saturated carbocycles. The average Bonchev–Trinajstić information content (AvgIpc) is 3.13. The Kier molecular flexibility index (Phi) is 2.80. The second-order valence-corrected chi connectivity index (χ2v) is 9.07. The fourth-order valence-corrected chi connectivity index (χ4v) is 7.51. The van der Waals surface area contributed by atoms with Crippen molar-refractivity contribution < 1.29 is 23.9 Å². The third-order valence-electron chi connectivity index (χ3n) is 8.33. The van der Waals surface area contributed by atoms with Gasteiger partial charge in [0.05, 0.1) is 18.6 Å². The van der Waals surface area contributed by atoms with Crippen LogP contribution < -0.4 is 0 Å². The first-order chi connectivity index (χ1) is 12.5. The molecule has 0 amide bonds. The minimum Gasteiger partial charge on any atom is -0.457 e. The molecule has 0 aromatic heterocycles. The Bertz CT molecular complexity index is 822. The number of hydrogen-bond donors (Lipinski definition) is 0. The van der Waals surface area contributed by atoms with Crippen molar-refractivity contribution in [1.29, 1.82) is 0 Å². The number of esters is 1. The molecule has 4 fully saturated rings. The summed E-state index contributed by atoms with van der Waals surface area (Å²) in [6.45, 7) is 2.86. The molecule has 136 valence electrons. The molecule has 6 aliphatic rings. The van der Waals surface area contributed by atoms with Crippen LogP contribution in [0.3, 0.4) is 0 Å². The lowest BCUT2D eigenvalue weighted by Crippen LogP contribution is -2.59. The average molecular weight is 354 g/mol. The maximum absolute atomic E-state index is 12.9. The van der Waals surface area contributed by atoms with E-state index in [9.17, 15) is 14.4 Å². The van der Waals surface area contributed by atoms with E-state index in [0.717, 1.165) is 25.7 Å². The van der Waals surface area contributed by atoms with Gasteiger partial charge in [0.1, 0.15) is 6.10 Å². The molecular formula is C21H22O5. The first kappa shape index (κ1) is 15.3. The van der Waals surface area contributed by atoms with E-state index in [0.29, 0.717) is 35.5 Å². The summed E-state index contributed by atoms with van der Waals surface area (Å²) in [4.78, 5) is 38.2. The molecular weight excluding hydrogens is 332 g/mol. The number of fused-ring (bicyclic) bond motifs is 2. The van der Waals surface area contributed by atoms with Crippen molar-refractivity contribution in [2.75, 3.05) is 6.61 Å². The molecule has 1 spiro atoms. The zero-order valence-electron chi connectivity index (χ0n) is 14.8. The van der Waals surface area contributed by atoms with E-state index in [2.05, 4.69) is 6.92 Å². The molecule has 8 atom stereocenters. The quantitative estimate of drug-likeness (QED) is 0.492. The van der Waals surface area contributed by atoms with Crippen LogP contribution in [0.5, 0.6) is 0 Å². The van der Waals surface area contributed by atoms with Gasteiger partial charge in [-0.1, -0.05) is 6.92 Å². The summed E-state index contributed by atoms with van der Waals surface area (Å²) in [5.74, 6) is 0.775. The molecule has 6 rings (SSSR count). The van der Waals surface area contributed by atoms with Gasteiger partial charge >= 0.3 is 5.97 Å². The lowest BCUT2D eigenvalue weighted by molar-refractivity contribution is -0.143. The molecule has 0 N–H and O–H groups in total. The molecule has 0 aromatic carbocycles. The van der Waals surface area contributed by atoms with Crippen molar-refractivity contribution in [1.82, 2.24) is 0 Å². The molecule has 2 heterocycles. The van der Waals surface area contributed by atoms with Gasteiger partial charge in [-0.05, 0) is 55.6 Å². The Morgan fingerprint density at radius 3 is 2.62 bits per heavy atom. The Balaban J connectivity index is 1.64. The van der Waals surface area contributed by atoms with Crippen LogP contribution in [0.15, 0.2) is 23.3 Å². The van der Waals surface area contributed by atoms with Crippen molar-refractivity contribution >= 4 is 17.5 Å². The summed E-state index contributed by atoms with van der Waals surface area (Å²) < 4.78 is 12.2. The molecule has 5 heteroatoms. The Hall–Kier alpha value is -1.75. The molecule has 26 heavy (non-hydrogen) atoms. The predicted octanol–water partition coefficient (Wildman–Crippen LogP) is 2.00. The Labute approximate surface area is 151 Å². The molecule has 4 aliphatic carbocycles. The largest absolute Gasteiger partial charge is 0.457 e. The SMILES string of the molecule is CC1COC2C3=C(C(=O)C=CC3=O)C3OC(=O)C4CCC5C1CCC25C43. The van der Waals surface area contributed by atoms with Gasteiger partial charge in [0.15, 0.2) is 11.6 Å². The summed E-state index contributed by atoms with van der Waals surface area (Å²) in [6, 6.07) is 0. The first-order valence-electron chi connectivity index (χ1n) is 9.87. The predicted molar refractivity (Wildman–Crippen MR) is 89.8 cm³/mol. The molecule has 0 radical (unpaired) electrons. The number of ketones is 2. The lowest BCUT2D eigenvalue weighted by Gasteiger charge is -2.55. The van der Waals surface area contributed by atoms with E-state index in [1.165, 1.54) is 12.2 Å². The van der Waals surface area contributed by atoms with Gasteiger partial charge < -0.3 is 9.47 Å². The highest BCUT2D eigenvalue weighted by Gasteiger charge is 2.72. The molecule has 2 bridgehead atoms. The number of rotatable bonds is 0. The minimum atomic E-state index is -0.557. The van der Waals surface area contributed by atoms with Crippen LogP contribution >= 0.6 is 0 Å². The van der Waals surface area contributed by atoms with Crippen molar-refractivity contribution in [3.8, 4) is 0 Å². The van der Waals surface area contributed by atoms with Gasteiger partial charge in [-0.25, -0.2) is 0 Å². The van der Waals surface area contributed by atoms with E-state index in [4.69, 9.17) is 9.47 Å². The highest BCUT2D eigenvalue weighted by Crippen LogP contribution is 2.70. The summed E-state index contributed by atoms with van der Waals surface area (Å²) in [5.41, 5.74) is 0.677. The summed E-state index contributed by atoms with van der Waals surface area (Å²) >= 11 is 0. The maximum atomic E-state index is 12.9. The van der Waals surface area contributed by atoms with Gasteiger partial charge in [0.2, 0.25) is 0 Å². The second-order valence-electron chi connectivity index (χ2n) is 9.07. The zero-order valence-corrected chi connectivity index (χ0v) is 14.8. The van der Waals surface area contributed by atoms with Crippen LogP contribution in [0.4, 0.5) is 0 Å². The van der Waals surface area contributed by atoms with Gasteiger partial charge in [-0.3, -0.25) is 14.4 Å². The smallest absolute Gasteiger partial charge is 0.310 e. The fraction of sp³-hybridized carbons (Fsp3) is 0.667. The Morgan fingerprint density at radius 1 is 1.04 bits per heavy atom.